The van der Waals surface area contributed by atoms with Gasteiger partial charge in [-0.1, -0.05) is 0 Å². The van der Waals surface area contributed by atoms with Crippen LogP contribution in [-0.2, 0) is 11.2 Å². The predicted molar refractivity (Wildman–Crippen MR) is 80.3 cm³/mol. The van der Waals surface area contributed by atoms with Gasteiger partial charge in [0.25, 0.3) is 0 Å². The van der Waals surface area contributed by atoms with Crippen LogP contribution in [0.1, 0.15) is 25.5 Å². The fourth-order valence-electron chi connectivity index (χ4n) is 2.32. The summed E-state index contributed by atoms with van der Waals surface area (Å²) >= 11 is -1.26. The van der Waals surface area contributed by atoms with Gasteiger partial charge < -0.3 is 4.55 Å². The first-order valence-corrected chi connectivity index (χ1v) is 7.99. The molecule has 3 aromatic rings. The monoisotopic (exact) mass is 299 g/mol. The zero-order valence-electron chi connectivity index (χ0n) is 11.9. The molecule has 1 aromatic carbocycles. The van der Waals surface area contributed by atoms with Crippen LogP contribution in [0.25, 0.3) is 21.8 Å². The molecule has 2 aromatic heterocycles. The van der Waals surface area contributed by atoms with Gasteiger partial charge in [-0.2, -0.15) is 20.3 Å². The smallest absolute Gasteiger partial charge is 0.343 e. The van der Waals surface area contributed by atoms with Gasteiger partial charge in [0, 0.05) is 34.2 Å². The van der Waals surface area contributed by atoms with E-state index >= 15 is 0 Å². The molecule has 0 saturated carbocycles. The summed E-state index contributed by atoms with van der Waals surface area (Å²) in [5, 5.41) is 15.4. The predicted octanol–water partition coefficient (Wildman–Crippen LogP) is 2.17. The quantitative estimate of drug-likeness (QED) is 0.534. The van der Waals surface area contributed by atoms with E-state index in [0.717, 1.165) is 16.3 Å². The maximum Gasteiger partial charge on any atom is 0.343 e. The fourth-order valence-corrected chi connectivity index (χ4v) is 2.74. The zero-order chi connectivity index (χ0) is 15.1. The van der Waals surface area contributed by atoms with E-state index in [9.17, 15) is 9.81 Å². The number of hydrogen-bond donors (Lipinski definition) is 0. The number of nitriles is 1. The minimum absolute atomic E-state index is 0.130. The van der Waals surface area contributed by atoms with Crippen molar-refractivity contribution in [2.24, 2.45) is 0 Å². The summed E-state index contributed by atoms with van der Waals surface area (Å²) in [6.07, 6.45) is 4.83. The minimum Gasteiger partial charge on any atom is -0.609 e. The van der Waals surface area contributed by atoms with Gasteiger partial charge >= 0.3 is 5.16 Å². The average molecular weight is 299 g/mol. The molecule has 0 aliphatic rings. The Kier molecular flexibility index (Phi) is 3.27. The third kappa shape index (κ3) is 2.13. The van der Waals surface area contributed by atoms with E-state index < -0.39 is 11.2 Å². The second kappa shape index (κ2) is 4.98. The maximum absolute atomic E-state index is 11.6. The van der Waals surface area contributed by atoms with Gasteiger partial charge in [-0.15, -0.1) is 0 Å². The van der Waals surface area contributed by atoms with Gasteiger partial charge in [0.15, 0.2) is 0 Å². The van der Waals surface area contributed by atoms with Crippen molar-refractivity contribution in [2.45, 2.75) is 25.0 Å². The van der Waals surface area contributed by atoms with Crippen molar-refractivity contribution in [1.29, 1.82) is 5.26 Å². The molecular weight excluding hydrogens is 286 g/mol. The molecule has 2 heterocycles. The molecular formula is C14H13N5OS. The van der Waals surface area contributed by atoms with Gasteiger partial charge in [-0.3, -0.25) is 4.68 Å². The molecule has 0 bridgehead atoms. The molecule has 0 radical (unpaired) electrons. The van der Waals surface area contributed by atoms with Crippen molar-refractivity contribution in [2.75, 3.05) is 6.26 Å². The molecule has 6 nitrogen and oxygen atoms in total. The van der Waals surface area contributed by atoms with Gasteiger partial charge in [-0.25, -0.2) is 0 Å². The lowest BCUT2D eigenvalue weighted by molar-refractivity contribution is 0.551. The Morgan fingerprint density at radius 2 is 2.14 bits per heavy atom. The van der Waals surface area contributed by atoms with Crippen LogP contribution in [0.15, 0.2) is 23.6 Å². The fraction of sp³-hybridized carbons (Fsp3) is 0.286. The Hall–Kier alpha value is -2.17. The topological polar surface area (TPSA) is 90.5 Å². The van der Waals surface area contributed by atoms with Crippen LogP contribution in [-0.4, -0.2) is 30.6 Å². The van der Waals surface area contributed by atoms with E-state index in [4.69, 9.17) is 0 Å². The van der Waals surface area contributed by atoms with Gasteiger partial charge in [0.1, 0.15) is 11.8 Å². The second-order valence-electron chi connectivity index (χ2n) is 5.03. The van der Waals surface area contributed by atoms with Crippen LogP contribution in [0, 0.1) is 11.3 Å². The Balaban J connectivity index is 2.50. The summed E-state index contributed by atoms with van der Waals surface area (Å²) in [7, 11) is 0. The summed E-state index contributed by atoms with van der Waals surface area (Å²) in [5.41, 5.74) is 2.00. The van der Waals surface area contributed by atoms with Crippen molar-refractivity contribution in [3.05, 3.63) is 24.0 Å². The van der Waals surface area contributed by atoms with Crippen molar-refractivity contribution in [3.8, 4) is 6.07 Å². The Morgan fingerprint density at radius 1 is 1.38 bits per heavy atom. The SMILES string of the molecule is CC(C)n1ncc2c(C#N)cc3cnc([S+](C)[O-])nc3c21. The van der Waals surface area contributed by atoms with Crippen molar-refractivity contribution in [1.82, 2.24) is 19.7 Å². The largest absolute Gasteiger partial charge is 0.609 e. The summed E-state index contributed by atoms with van der Waals surface area (Å²) < 4.78 is 13.4. The molecule has 21 heavy (non-hydrogen) atoms. The number of nitrogens with zero attached hydrogens (tertiary/aromatic N) is 5. The van der Waals surface area contributed by atoms with E-state index in [1.165, 1.54) is 0 Å². The van der Waals surface area contributed by atoms with Crippen molar-refractivity contribution >= 4 is 33.0 Å². The van der Waals surface area contributed by atoms with Gasteiger partial charge in [-0.05, 0) is 19.9 Å². The summed E-state index contributed by atoms with van der Waals surface area (Å²) in [5.74, 6) is 0. The standard InChI is InChI=1S/C14H13N5OS/c1-8(2)19-13-11(7-17-19)9(5-15)4-10-6-16-14(21(3)20)18-12(10)13/h4,6-8H,1-3H3. The van der Waals surface area contributed by atoms with E-state index in [2.05, 4.69) is 21.1 Å². The molecule has 106 valence electrons. The molecule has 0 amide bonds. The van der Waals surface area contributed by atoms with Gasteiger partial charge in [0.2, 0.25) is 0 Å². The molecule has 0 spiro atoms. The van der Waals surface area contributed by atoms with E-state index in [1.54, 1.807) is 24.7 Å². The number of rotatable bonds is 2. The maximum atomic E-state index is 11.6. The van der Waals surface area contributed by atoms with Crippen LogP contribution < -0.4 is 0 Å². The van der Waals surface area contributed by atoms with Crippen LogP contribution in [0.4, 0.5) is 0 Å². The lowest BCUT2D eigenvalue weighted by atomic mass is 10.1. The van der Waals surface area contributed by atoms with Crippen LogP contribution in [0.3, 0.4) is 0 Å². The first kappa shape index (κ1) is 13.8. The average Bonchev–Trinajstić information content (AvgIpc) is 2.91. The molecule has 7 heteroatoms. The number of benzene rings is 1. The Labute approximate surface area is 124 Å². The third-order valence-electron chi connectivity index (χ3n) is 3.27. The Morgan fingerprint density at radius 3 is 2.76 bits per heavy atom. The van der Waals surface area contributed by atoms with E-state index in [-0.39, 0.29) is 11.2 Å². The molecule has 0 N–H and O–H groups in total. The van der Waals surface area contributed by atoms with Gasteiger partial charge in [0.05, 0.1) is 23.3 Å². The van der Waals surface area contributed by atoms with Crippen LogP contribution >= 0.6 is 0 Å². The molecule has 1 unspecified atom stereocenters. The summed E-state index contributed by atoms with van der Waals surface area (Å²) in [6, 6.07) is 4.06. The first-order chi connectivity index (χ1) is 10.0. The van der Waals surface area contributed by atoms with Crippen molar-refractivity contribution in [3.63, 3.8) is 0 Å². The number of hydrogen-bond acceptors (Lipinski definition) is 5. The highest BCUT2D eigenvalue weighted by molar-refractivity contribution is 7.90. The molecule has 0 fully saturated rings. The normalized spacial score (nSPS) is 13.0. The first-order valence-electron chi connectivity index (χ1n) is 6.43. The van der Waals surface area contributed by atoms with Crippen LogP contribution in [0.5, 0.6) is 0 Å². The van der Waals surface area contributed by atoms with E-state index in [1.807, 2.05) is 18.5 Å². The lowest BCUT2D eigenvalue weighted by Gasteiger charge is -2.10. The Bertz CT molecular complexity index is 878. The van der Waals surface area contributed by atoms with Crippen LogP contribution in [0.2, 0.25) is 0 Å². The zero-order valence-corrected chi connectivity index (χ0v) is 12.7. The molecule has 1 atom stereocenters. The highest BCUT2D eigenvalue weighted by Gasteiger charge is 2.18. The van der Waals surface area contributed by atoms with Crippen molar-refractivity contribution < 1.29 is 4.55 Å². The number of aromatic nitrogens is 4. The summed E-state index contributed by atoms with van der Waals surface area (Å²) in [6.45, 7) is 4.02. The molecule has 0 saturated heterocycles. The van der Waals surface area contributed by atoms with E-state index in [0.29, 0.717) is 11.1 Å². The second-order valence-corrected chi connectivity index (χ2v) is 6.30. The molecule has 3 rings (SSSR count). The third-order valence-corrected chi connectivity index (χ3v) is 3.98. The minimum atomic E-state index is -1.26. The molecule has 0 aliphatic heterocycles. The number of fused-ring (bicyclic) bond motifs is 3. The summed E-state index contributed by atoms with van der Waals surface area (Å²) in [4.78, 5) is 8.51. The lowest BCUT2D eigenvalue weighted by Crippen LogP contribution is -2.06. The highest BCUT2D eigenvalue weighted by Crippen LogP contribution is 2.29. The highest BCUT2D eigenvalue weighted by atomic mass is 32.2. The molecule has 0 aliphatic carbocycles.